The second kappa shape index (κ2) is 5.28. The summed E-state index contributed by atoms with van der Waals surface area (Å²) < 4.78 is 10.2. The highest BCUT2D eigenvalue weighted by Gasteiger charge is 2.32. The van der Waals surface area contributed by atoms with Crippen molar-refractivity contribution in [1.29, 1.82) is 0 Å². The molecule has 1 saturated heterocycles. The number of hydrogen-bond donors (Lipinski definition) is 1. The third-order valence-electron chi connectivity index (χ3n) is 2.81. The first-order chi connectivity index (χ1) is 7.10. The zero-order chi connectivity index (χ0) is 11.4. The fourth-order valence-corrected chi connectivity index (χ4v) is 1.72. The molecule has 0 saturated carbocycles. The van der Waals surface area contributed by atoms with E-state index in [0.717, 1.165) is 12.8 Å². The van der Waals surface area contributed by atoms with Crippen LogP contribution >= 0.6 is 0 Å². The van der Waals surface area contributed by atoms with Gasteiger partial charge in [0.15, 0.2) is 0 Å². The van der Waals surface area contributed by atoms with E-state index in [9.17, 15) is 4.79 Å². The van der Waals surface area contributed by atoms with E-state index in [2.05, 4.69) is 11.3 Å². The molecule has 1 rings (SSSR count). The topological polar surface area (TPSA) is 55.8 Å². The second-order valence-corrected chi connectivity index (χ2v) is 3.92. The van der Waals surface area contributed by atoms with E-state index in [0.29, 0.717) is 5.57 Å². The molecular weight excluding hydrogens is 196 g/mol. The predicted octanol–water partition coefficient (Wildman–Crippen LogP) is 0.892. The lowest BCUT2D eigenvalue weighted by Crippen LogP contribution is -2.24. The van der Waals surface area contributed by atoms with Gasteiger partial charge in [-0.3, -0.25) is 0 Å². The molecule has 1 aliphatic heterocycles. The third-order valence-corrected chi connectivity index (χ3v) is 2.81. The van der Waals surface area contributed by atoms with Gasteiger partial charge >= 0.3 is 5.97 Å². The zero-order valence-corrected chi connectivity index (χ0v) is 9.23. The van der Waals surface area contributed by atoms with Crippen molar-refractivity contribution in [2.24, 2.45) is 5.92 Å². The van der Waals surface area contributed by atoms with Crippen LogP contribution in [0.2, 0.25) is 0 Å². The molecule has 86 valence electrons. The Bertz CT molecular complexity index is 249. The number of esters is 1. The molecular formula is C11H18O4. The van der Waals surface area contributed by atoms with E-state index in [1.807, 2.05) is 6.92 Å². The van der Waals surface area contributed by atoms with Crippen LogP contribution in [0.1, 0.15) is 19.8 Å². The molecule has 0 bridgehead atoms. The molecule has 0 radical (unpaired) electrons. The van der Waals surface area contributed by atoms with Crippen LogP contribution in [-0.4, -0.2) is 37.0 Å². The van der Waals surface area contributed by atoms with Gasteiger partial charge < -0.3 is 14.6 Å². The van der Waals surface area contributed by atoms with Crippen LogP contribution in [0.25, 0.3) is 0 Å². The Kier molecular flexibility index (Phi) is 4.29. The summed E-state index contributed by atoms with van der Waals surface area (Å²) in [7, 11) is 1.33. The number of ether oxygens (including phenoxy) is 2. The summed E-state index contributed by atoms with van der Waals surface area (Å²) in [5.74, 6) is -0.322. The Balaban J connectivity index is 2.49. The molecule has 0 aliphatic carbocycles. The number of carbonyl (C=O) groups is 1. The summed E-state index contributed by atoms with van der Waals surface area (Å²) in [5.41, 5.74) is 0.366. The summed E-state index contributed by atoms with van der Waals surface area (Å²) in [5, 5.41) is 8.98. The number of methoxy groups -OCH3 is 1. The fourth-order valence-electron chi connectivity index (χ4n) is 1.72. The highest BCUT2D eigenvalue weighted by Crippen LogP contribution is 2.29. The van der Waals surface area contributed by atoms with Gasteiger partial charge in [-0.1, -0.05) is 13.5 Å². The van der Waals surface area contributed by atoms with Crippen molar-refractivity contribution in [2.45, 2.75) is 32.0 Å². The van der Waals surface area contributed by atoms with Gasteiger partial charge in [0.2, 0.25) is 0 Å². The molecule has 0 aromatic heterocycles. The van der Waals surface area contributed by atoms with Crippen LogP contribution in [0, 0.1) is 5.92 Å². The van der Waals surface area contributed by atoms with Gasteiger partial charge in [0.1, 0.15) is 0 Å². The minimum atomic E-state index is -0.419. The van der Waals surface area contributed by atoms with Gasteiger partial charge in [-0.25, -0.2) is 4.79 Å². The van der Waals surface area contributed by atoms with E-state index in [-0.39, 0.29) is 24.7 Å². The number of aliphatic hydroxyl groups is 1. The number of rotatable bonds is 4. The summed E-state index contributed by atoms with van der Waals surface area (Å²) in [6.07, 6.45) is 1.38. The monoisotopic (exact) mass is 214 g/mol. The Hall–Kier alpha value is -0.870. The average molecular weight is 214 g/mol. The van der Waals surface area contributed by atoms with Gasteiger partial charge in [0, 0.05) is 12.5 Å². The molecule has 3 atom stereocenters. The highest BCUT2D eigenvalue weighted by molar-refractivity contribution is 5.88. The van der Waals surface area contributed by atoms with Crippen molar-refractivity contribution in [2.75, 3.05) is 13.7 Å². The Morgan fingerprint density at radius 2 is 2.33 bits per heavy atom. The molecule has 4 nitrogen and oxygen atoms in total. The molecule has 4 heteroatoms. The number of aliphatic hydroxyl groups excluding tert-OH is 1. The van der Waals surface area contributed by atoms with Gasteiger partial charge in [-0.05, 0) is 12.8 Å². The lowest BCUT2D eigenvalue weighted by molar-refractivity contribution is -0.137. The molecule has 0 unspecified atom stereocenters. The van der Waals surface area contributed by atoms with Crippen molar-refractivity contribution in [3.63, 3.8) is 0 Å². The first-order valence-electron chi connectivity index (χ1n) is 5.13. The molecule has 1 fully saturated rings. The first-order valence-corrected chi connectivity index (χ1v) is 5.13. The maximum absolute atomic E-state index is 11.2. The lowest BCUT2D eigenvalue weighted by atomic mass is 10.0. The van der Waals surface area contributed by atoms with E-state index in [1.165, 1.54) is 7.11 Å². The van der Waals surface area contributed by atoms with Crippen molar-refractivity contribution in [3.05, 3.63) is 12.2 Å². The second-order valence-electron chi connectivity index (χ2n) is 3.92. The Labute approximate surface area is 89.9 Å². The van der Waals surface area contributed by atoms with Crippen molar-refractivity contribution in [3.8, 4) is 0 Å². The van der Waals surface area contributed by atoms with Crippen molar-refractivity contribution in [1.82, 2.24) is 0 Å². The summed E-state index contributed by atoms with van der Waals surface area (Å²) in [6, 6.07) is 0. The first kappa shape index (κ1) is 12.2. The van der Waals surface area contributed by atoms with Crippen LogP contribution in [0.5, 0.6) is 0 Å². The quantitative estimate of drug-likeness (QED) is 0.558. The molecule has 1 heterocycles. The minimum absolute atomic E-state index is 0.0152. The van der Waals surface area contributed by atoms with Gasteiger partial charge in [-0.15, -0.1) is 0 Å². The van der Waals surface area contributed by atoms with Crippen LogP contribution in [-0.2, 0) is 14.3 Å². The molecule has 1 aliphatic rings. The van der Waals surface area contributed by atoms with E-state index in [1.54, 1.807) is 0 Å². The van der Waals surface area contributed by atoms with Crippen LogP contribution in [0.15, 0.2) is 12.2 Å². The lowest BCUT2D eigenvalue weighted by Gasteiger charge is -2.18. The molecule has 1 N–H and O–H groups in total. The summed E-state index contributed by atoms with van der Waals surface area (Å²) in [6.45, 7) is 5.69. The van der Waals surface area contributed by atoms with E-state index < -0.39 is 5.97 Å². The summed E-state index contributed by atoms with van der Waals surface area (Å²) in [4.78, 5) is 11.2. The van der Waals surface area contributed by atoms with Crippen LogP contribution in [0.4, 0.5) is 0 Å². The molecule has 0 aromatic rings. The van der Waals surface area contributed by atoms with Crippen molar-refractivity contribution >= 4 is 5.97 Å². The molecule has 15 heavy (non-hydrogen) atoms. The van der Waals surface area contributed by atoms with E-state index in [4.69, 9.17) is 9.84 Å². The van der Waals surface area contributed by atoms with Crippen LogP contribution in [0.3, 0.4) is 0 Å². The number of carbonyl (C=O) groups excluding carboxylic acids is 1. The molecule has 0 amide bonds. The number of hydrogen-bond acceptors (Lipinski definition) is 4. The van der Waals surface area contributed by atoms with E-state index >= 15 is 0 Å². The zero-order valence-electron chi connectivity index (χ0n) is 9.23. The predicted molar refractivity (Wildman–Crippen MR) is 55.3 cm³/mol. The normalized spacial score (nSPS) is 27.4. The maximum atomic E-state index is 11.2. The Morgan fingerprint density at radius 1 is 1.67 bits per heavy atom. The Morgan fingerprint density at radius 3 is 2.87 bits per heavy atom. The van der Waals surface area contributed by atoms with Gasteiger partial charge in [-0.2, -0.15) is 0 Å². The van der Waals surface area contributed by atoms with Gasteiger partial charge in [0.05, 0.1) is 24.9 Å². The SMILES string of the molecule is C=C(C(=O)OC)[C@H]1CC[C@@H]([C@@H](C)CO)O1. The maximum Gasteiger partial charge on any atom is 0.335 e. The van der Waals surface area contributed by atoms with Crippen LogP contribution < -0.4 is 0 Å². The summed E-state index contributed by atoms with van der Waals surface area (Å²) >= 11 is 0. The van der Waals surface area contributed by atoms with Crippen molar-refractivity contribution < 1.29 is 19.4 Å². The van der Waals surface area contributed by atoms with Gasteiger partial charge in [0.25, 0.3) is 0 Å². The smallest absolute Gasteiger partial charge is 0.335 e. The molecule has 0 aromatic carbocycles. The largest absolute Gasteiger partial charge is 0.466 e. The standard InChI is InChI=1S/C11H18O4/c1-7(6-12)9-4-5-10(15-9)8(2)11(13)14-3/h7,9-10,12H,2,4-6H2,1,3H3/t7-,9-,10+/m0/s1. The molecule has 0 spiro atoms. The highest BCUT2D eigenvalue weighted by atomic mass is 16.5. The fraction of sp³-hybridized carbons (Fsp3) is 0.727. The minimum Gasteiger partial charge on any atom is -0.466 e. The average Bonchev–Trinajstić information content (AvgIpc) is 2.75. The third kappa shape index (κ3) is 2.79.